The second-order valence-corrected chi connectivity index (χ2v) is 2.79. The van der Waals surface area contributed by atoms with Crippen molar-refractivity contribution in [3.05, 3.63) is 18.7 Å². The summed E-state index contributed by atoms with van der Waals surface area (Å²) < 4.78 is 18.3. The molecule has 1 heterocycles. The summed E-state index contributed by atoms with van der Waals surface area (Å²) in [5, 5.41) is 0. The molecule has 5 nitrogen and oxygen atoms in total. The van der Waals surface area contributed by atoms with E-state index in [-0.39, 0.29) is 12.4 Å². The Morgan fingerprint density at radius 2 is 1.56 bits per heavy atom. The molecule has 0 unspecified atom stereocenters. The summed E-state index contributed by atoms with van der Waals surface area (Å²) in [5.41, 5.74) is 0. The fourth-order valence-corrected chi connectivity index (χ4v) is 1.32. The van der Waals surface area contributed by atoms with Crippen LogP contribution in [0.15, 0.2) is 18.7 Å². The lowest BCUT2D eigenvalue weighted by Crippen LogP contribution is -2.42. The van der Waals surface area contributed by atoms with Crippen LogP contribution in [0.2, 0.25) is 0 Å². The minimum Gasteiger partial charge on any atom is -0.309 e. The summed E-state index contributed by atoms with van der Waals surface area (Å²) >= 11 is 0. The van der Waals surface area contributed by atoms with Gasteiger partial charge in [0.2, 0.25) is 0 Å². The van der Waals surface area contributed by atoms with Crippen molar-refractivity contribution in [2.45, 2.75) is 26.9 Å². The topological polar surface area (TPSA) is 45.5 Å². The first-order valence-corrected chi connectivity index (χ1v) is 5.19. The van der Waals surface area contributed by atoms with Crippen molar-refractivity contribution >= 4 is 12.4 Å². The molecular weight excluding hydrogens is 232 g/mol. The molecule has 16 heavy (non-hydrogen) atoms. The monoisotopic (exact) mass is 250 g/mol. The largest absolute Gasteiger partial charge is 0.382 e. The Morgan fingerprint density at radius 3 is 1.88 bits per heavy atom. The van der Waals surface area contributed by atoms with Crippen LogP contribution in [0.4, 0.5) is 0 Å². The summed E-state index contributed by atoms with van der Waals surface area (Å²) in [6.45, 7) is 7.17. The number of hydrogen-bond acceptors (Lipinski definition) is 4. The Hall–Kier alpha value is -0.620. The fraction of sp³-hybridized carbons (Fsp3) is 0.700. The molecule has 0 amide bonds. The molecule has 0 aromatic carbocycles. The molecule has 0 radical (unpaired) electrons. The predicted octanol–water partition coefficient (Wildman–Crippen LogP) is 1.98. The Bertz CT molecular complexity index is 250. The summed E-state index contributed by atoms with van der Waals surface area (Å²) in [4.78, 5) is 3.96. The highest BCUT2D eigenvalue weighted by Gasteiger charge is 2.34. The van der Waals surface area contributed by atoms with Gasteiger partial charge in [0.05, 0.1) is 19.8 Å². The number of rotatable bonds is 7. The van der Waals surface area contributed by atoms with E-state index in [2.05, 4.69) is 4.98 Å². The number of hydrogen-bond donors (Lipinski definition) is 0. The zero-order valence-electron chi connectivity index (χ0n) is 9.88. The van der Waals surface area contributed by atoms with Gasteiger partial charge in [0, 0.05) is 12.4 Å². The van der Waals surface area contributed by atoms with Gasteiger partial charge >= 0.3 is 6.10 Å². The molecular formula is C10H19ClN2O3. The standard InChI is InChI=1S/C10H18N2O3.ClH/c1-4-13-10(14-5-2,15-6-3)12-8-7-11-9-12;/h7-9H,4-6H2,1-3H3;1H. The lowest BCUT2D eigenvalue weighted by Gasteiger charge is -2.32. The van der Waals surface area contributed by atoms with Gasteiger partial charge in [0.15, 0.2) is 0 Å². The van der Waals surface area contributed by atoms with E-state index < -0.39 is 6.10 Å². The highest BCUT2D eigenvalue weighted by atomic mass is 35.5. The zero-order valence-corrected chi connectivity index (χ0v) is 10.7. The average molecular weight is 251 g/mol. The molecule has 1 rings (SSSR count). The van der Waals surface area contributed by atoms with E-state index in [0.717, 1.165) is 0 Å². The third-order valence-corrected chi connectivity index (χ3v) is 1.80. The molecule has 0 aliphatic heterocycles. The van der Waals surface area contributed by atoms with Crippen LogP contribution >= 0.6 is 12.4 Å². The van der Waals surface area contributed by atoms with Crippen LogP contribution in [0.5, 0.6) is 0 Å². The van der Waals surface area contributed by atoms with E-state index in [1.807, 2.05) is 20.8 Å². The normalized spacial score (nSPS) is 11.2. The van der Waals surface area contributed by atoms with Crippen LogP contribution in [0.25, 0.3) is 0 Å². The molecule has 0 N–H and O–H groups in total. The molecule has 0 aliphatic carbocycles. The Labute approximate surface area is 102 Å². The fourth-order valence-electron chi connectivity index (χ4n) is 1.32. The summed E-state index contributed by atoms with van der Waals surface area (Å²) in [6, 6.07) is 0. The van der Waals surface area contributed by atoms with E-state index in [4.69, 9.17) is 14.2 Å². The molecule has 0 aliphatic rings. The summed E-state index contributed by atoms with van der Waals surface area (Å²) in [6.07, 6.45) is 3.85. The van der Waals surface area contributed by atoms with E-state index >= 15 is 0 Å². The molecule has 0 bridgehead atoms. The Balaban J connectivity index is 0.00000225. The summed E-state index contributed by atoms with van der Waals surface area (Å²) in [7, 11) is 0. The number of aromatic nitrogens is 2. The summed E-state index contributed by atoms with van der Waals surface area (Å²) in [5.74, 6) is 0. The molecule has 0 saturated carbocycles. The van der Waals surface area contributed by atoms with Gasteiger partial charge in [-0.25, -0.2) is 4.98 Å². The molecule has 1 aromatic heterocycles. The van der Waals surface area contributed by atoms with Crippen molar-refractivity contribution in [3.8, 4) is 0 Å². The van der Waals surface area contributed by atoms with Crippen molar-refractivity contribution in [1.82, 2.24) is 9.55 Å². The third kappa shape index (κ3) is 3.45. The van der Waals surface area contributed by atoms with Crippen LogP contribution in [0, 0.1) is 0 Å². The first-order chi connectivity index (χ1) is 7.29. The van der Waals surface area contributed by atoms with Crippen molar-refractivity contribution in [2.24, 2.45) is 0 Å². The van der Waals surface area contributed by atoms with Gasteiger partial charge in [-0.05, 0) is 20.8 Å². The first-order valence-electron chi connectivity index (χ1n) is 5.19. The predicted molar refractivity (Wildman–Crippen MR) is 62.3 cm³/mol. The third-order valence-electron chi connectivity index (χ3n) is 1.80. The van der Waals surface area contributed by atoms with E-state index in [1.165, 1.54) is 0 Å². The lowest BCUT2D eigenvalue weighted by atomic mass is 10.7. The maximum Gasteiger partial charge on any atom is 0.382 e. The van der Waals surface area contributed by atoms with E-state index in [0.29, 0.717) is 19.8 Å². The van der Waals surface area contributed by atoms with Gasteiger partial charge in [-0.1, -0.05) is 0 Å². The second kappa shape index (κ2) is 7.62. The van der Waals surface area contributed by atoms with Gasteiger partial charge in [0.25, 0.3) is 0 Å². The quantitative estimate of drug-likeness (QED) is 0.695. The minimum absolute atomic E-state index is 0. The zero-order chi connectivity index (χ0) is 11.1. The molecule has 0 atom stereocenters. The number of imidazole rings is 1. The maximum absolute atomic E-state index is 5.53. The van der Waals surface area contributed by atoms with Crippen molar-refractivity contribution in [3.63, 3.8) is 0 Å². The SMILES string of the molecule is CCOC(OCC)(OCC)n1ccnc1.Cl. The maximum atomic E-state index is 5.53. The van der Waals surface area contributed by atoms with Crippen molar-refractivity contribution < 1.29 is 14.2 Å². The van der Waals surface area contributed by atoms with Crippen LogP contribution in [0.1, 0.15) is 20.8 Å². The molecule has 0 fully saturated rings. The molecule has 0 saturated heterocycles. The van der Waals surface area contributed by atoms with E-state index in [9.17, 15) is 0 Å². The van der Waals surface area contributed by atoms with Gasteiger partial charge in [0.1, 0.15) is 6.33 Å². The van der Waals surface area contributed by atoms with Crippen LogP contribution < -0.4 is 0 Å². The second-order valence-electron chi connectivity index (χ2n) is 2.79. The number of ether oxygens (including phenoxy) is 3. The number of nitrogens with zero attached hydrogens (tertiary/aromatic N) is 2. The smallest absolute Gasteiger partial charge is 0.309 e. The molecule has 94 valence electrons. The van der Waals surface area contributed by atoms with Crippen LogP contribution in [-0.2, 0) is 20.3 Å². The van der Waals surface area contributed by atoms with Gasteiger partial charge in [-0.15, -0.1) is 12.4 Å². The lowest BCUT2D eigenvalue weighted by molar-refractivity contribution is -0.433. The first kappa shape index (κ1) is 15.4. The highest BCUT2D eigenvalue weighted by Crippen LogP contribution is 2.21. The van der Waals surface area contributed by atoms with Gasteiger partial charge in [-0.2, -0.15) is 0 Å². The Kier molecular flexibility index (Phi) is 7.33. The highest BCUT2D eigenvalue weighted by molar-refractivity contribution is 5.85. The van der Waals surface area contributed by atoms with Gasteiger partial charge < -0.3 is 14.2 Å². The van der Waals surface area contributed by atoms with Crippen molar-refractivity contribution in [2.75, 3.05) is 19.8 Å². The number of halogens is 1. The van der Waals surface area contributed by atoms with Crippen LogP contribution in [-0.4, -0.2) is 29.4 Å². The minimum atomic E-state index is -1.17. The molecule has 6 heteroatoms. The molecule has 1 aromatic rings. The van der Waals surface area contributed by atoms with Gasteiger partial charge in [-0.3, -0.25) is 4.57 Å². The molecule has 0 spiro atoms. The van der Waals surface area contributed by atoms with Crippen molar-refractivity contribution in [1.29, 1.82) is 0 Å². The van der Waals surface area contributed by atoms with Crippen LogP contribution in [0.3, 0.4) is 0 Å². The Morgan fingerprint density at radius 1 is 1.06 bits per heavy atom. The van der Waals surface area contributed by atoms with E-state index in [1.54, 1.807) is 23.3 Å². The average Bonchev–Trinajstić information content (AvgIpc) is 2.72.